The lowest BCUT2D eigenvalue weighted by Crippen LogP contribution is -2.34. The van der Waals surface area contributed by atoms with Crippen LogP contribution in [0.3, 0.4) is 0 Å². The van der Waals surface area contributed by atoms with E-state index in [9.17, 15) is 18.4 Å². The number of nitrogens with zero attached hydrogens (tertiary/aromatic N) is 2. The van der Waals surface area contributed by atoms with E-state index in [0.717, 1.165) is 6.07 Å². The summed E-state index contributed by atoms with van der Waals surface area (Å²) in [6.45, 7) is 2.46. The lowest BCUT2D eigenvalue weighted by molar-refractivity contribution is 0.0784. The number of aromatic amines is 1. The summed E-state index contributed by atoms with van der Waals surface area (Å²) in [7, 11) is 1.55. The Labute approximate surface area is 177 Å². The molecule has 2 atom stereocenters. The van der Waals surface area contributed by atoms with Gasteiger partial charge in [-0.25, -0.2) is 8.78 Å². The number of carbonyl (C=O) groups excluding carboxylic acids is 1. The van der Waals surface area contributed by atoms with Gasteiger partial charge in [0.05, 0.1) is 12.7 Å². The van der Waals surface area contributed by atoms with Crippen molar-refractivity contribution in [2.24, 2.45) is 11.8 Å². The Hall–Kier alpha value is -3.42. The Morgan fingerprint density at radius 1 is 1.00 bits per heavy atom. The molecule has 1 N–H and O–H groups in total. The predicted octanol–water partition coefficient (Wildman–Crippen LogP) is 3.02. The van der Waals surface area contributed by atoms with E-state index in [0.29, 0.717) is 54.1 Å². The van der Waals surface area contributed by atoms with Gasteiger partial charge in [-0.2, -0.15) is 0 Å². The van der Waals surface area contributed by atoms with Gasteiger partial charge < -0.3 is 19.5 Å². The molecule has 2 aliphatic heterocycles. The van der Waals surface area contributed by atoms with E-state index >= 15 is 0 Å². The molecule has 0 radical (unpaired) electrons. The van der Waals surface area contributed by atoms with Gasteiger partial charge in [-0.1, -0.05) is 0 Å². The molecule has 2 unspecified atom stereocenters. The SMILES string of the molecule is COc1ccc2[nH]c(=O)cc(C(=O)N3CC4CN(c5ccc(F)c(F)c5)CC4C3)c2c1. The van der Waals surface area contributed by atoms with Gasteiger partial charge in [0.15, 0.2) is 11.6 Å². The number of rotatable bonds is 3. The predicted molar refractivity (Wildman–Crippen MR) is 113 cm³/mol. The van der Waals surface area contributed by atoms with Crippen molar-refractivity contribution in [2.45, 2.75) is 0 Å². The smallest absolute Gasteiger partial charge is 0.254 e. The van der Waals surface area contributed by atoms with Crippen LogP contribution in [0, 0.1) is 23.5 Å². The average Bonchev–Trinajstić information content (AvgIpc) is 3.33. The molecule has 2 aliphatic rings. The molecule has 31 heavy (non-hydrogen) atoms. The minimum absolute atomic E-state index is 0.182. The monoisotopic (exact) mass is 425 g/mol. The zero-order valence-corrected chi connectivity index (χ0v) is 16.9. The number of hydrogen-bond acceptors (Lipinski definition) is 4. The molecule has 0 spiro atoms. The van der Waals surface area contributed by atoms with Gasteiger partial charge in [0.25, 0.3) is 5.91 Å². The van der Waals surface area contributed by atoms with Crippen LogP contribution in [0.5, 0.6) is 5.75 Å². The van der Waals surface area contributed by atoms with E-state index in [1.165, 1.54) is 12.1 Å². The number of benzene rings is 2. The molecule has 5 rings (SSSR count). The van der Waals surface area contributed by atoms with Crippen molar-refractivity contribution in [3.63, 3.8) is 0 Å². The lowest BCUT2D eigenvalue weighted by Gasteiger charge is -2.23. The van der Waals surface area contributed by atoms with Gasteiger partial charge in [0, 0.05) is 66.7 Å². The molecular weight excluding hydrogens is 404 g/mol. The van der Waals surface area contributed by atoms with Crippen molar-refractivity contribution < 1.29 is 18.3 Å². The van der Waals surface area contributed by atoms with Gasteiger partial charge in [0.1, 0.15) is 5.75 Å². The Morgan fingerprint density at radius 2 is 1.74 bits per heavy atom. The second-order valence-corrected chi connectivity index (χ2v) is 8.19. The van der Waals surface area contributed by atoms with E-state index in [1.807, 2.05) is 4.90 Å². The number of carbonyl (C=O) groups is 1. The highest BCUT2D eigenvalue weighted by Gasteiger charge is 2.42. The number of amides is 1. The first-order valence-electron chi connectivity index (χ1n) is 10.1. The first kappa shape index (κ1) is 19.5. The minimum atomic E-state index is -0.860. The maximum Gasteiger partial charge on any atom is 0.254 e. The molecule has 2 aromatic carbocycles. The summed E-state index contributed by atoms with van der Waals surface area (Å²) in [5.74, 6) is -0.823. The van der Waals surface area contributed by atoms with Crippen LogP contribution >= 0.6 is 0 Å². The van der Waals surface area contributed by atoms with Crippen LogP contribution in [-0.2, 0) is 0 Å². The van der Waals surface area contributed by atoms with Crippen molar-refractivity contribution >= 4 is 22.5 Å². The third-order valence-electron chi connectivity index (χ3n) is 6.32. The number of fused-ring (bicyclic) bond motifs is 2. The number of halogens is 2. The number of likely N-dealkylation sites (tertiary alicyclic amines) is 1. The zero-order chi connectivity index (χ0) is 21.7. The number of H-pyrrole nitrogens is 1. The molecule has 0 saturated carbocycles. The van der Waals surface area contributed by atoms with Gasteiger partial charge in [0.2, 0.25) is 5.56 Å². The van der Waals surface area contributed by atoms with Crippen molar-refractivity contribution in [3.05, 3.63) is 70.0 Å². The van der Waals surface area contributed by atoms with Gasteiger partial charge in [-0.3, -0.25) is 9.59 Å². The molecule has 8 heteroatoms. The summed E-state index contributed by atoms with van der Waals surface area (Å²) in [5.41, 5.74) is 1.26. The fourth-order valence-corrected chi connectivity index (χ4v) is 4.76. The lowest BCUT2D eigenvalue weighted by atomic mass is 10.0. The summed E-state index contributed by atoms with van der Waals surface area (Å²) in [6.07, 6.45) is 0. The Bertz CT molecular complexity index is 1230. The molecule has 0 aliphatic carbocycles. The third kappa shape index (κ3) is 3.41. The van der Waals surface area contributed by atoms with Gasteiger partial charge in [-0.05, 0) is 30.3 Å². The number of methoxy groups -OCH3 is 1. The molecule has 1 amide bonds. The fraction of sp³-hybridized carbons (Fsp3) is 0.304. The maximum absolute atomic E-state index is 13.6. The number of anilines is 1. The highest BCUT2D eigenvalue weighted by atomic mass is 19.2. The third-order valence-corrected chi connectivity index (χ3v) is 6.32. The van der Waals surface area contributed by atoms with E-state index < -0.39 is 11.6 Å². The zero-order valence-electron chi connectivity index (χ0n) is 16.9. The second-order valence-electron chi connectivity index (χ2n) is 8.19. The molecule has 3 heterocycles. The van der Waals surface area contributed by atoms with Crippen LogP contribution in [0.4, 0.5) is 14.5 Å². The molecule has 6 nitrogen and oxygen atoms in total. The van der Waals surface area contributed by atoms with Crippen molar-refractivity contribution in [1.29, 1.82) is 0 Å². The highest BCUT2D eigenvalue weighted by molar-refractivity contribution is 6.06. The van der Waals surface area contributed by atoms with Gasteiger partial charge in [-0.15, -0.1) is 0 Å². The van der Waals surface area contributed by atoms with Crippen molar-refractivity contribution in [2.75, 3.05) is 38.2 Å². The molecule has 2 fully saturated rings. The quantitative estimate of drug-likeness (QED) is 0.701. The number of hydrogen-bond donors (Lipinski definition) is 1. The van der Waals surface area contributed by atoms with E-state index in [2.05, 4.69) is 4.98 Å². The normalized spacial score (nSPS) is 20.4. The van der Waals surface area contributed by atoms with E-state index in [1.54, 1.807) is 36.3 Å². The summed E-state index contributed by atoms with van der Waals surface area (Å²) in [5, 5.41) is 0.643. The van der Waals surface area contributed by atoms with Crippen LogP contribution in [0.15, 0.2) is 47.3 Å². The molecule has 1 aromatic heterocycles. The number of ether oxygens (including phenoxy) is 1. The minimum Gasteiger partial charge on any atom is -0.497 e. The Kier molecular flexibility index (Phi) is 4.64. The van der Waals surface area contributed by atoms with Crippen molar-refractivity contribution in [3.8, 4) is 5.75 Å². The topological polar surface area (TPSA) is 65.6 Å². The van der Waals surface area contributed by atoms with Gasteiger partial charge >= 0.3 is 0 Å². The van der Waals surface area contributed by atoms with Crippen LogP contribution in [0.25, 0.3) is 10.9 Å². The Morgan fingerprint density at radius 3 is 2.42 bits per heavy atom. The van der Waals surface area contributed by atoms with E-state index in [4.69, 9.17) is 4.74 Å². The number of nitrogens with one attached hydrogen (secondary N) is 1. The summed E-state index contributed by atoms with van der Waals surface area (Å²) in [6, 6.07) is 10.5. The first-order chi connectivity index (χ1) is 14.9. The highest BCUT2D eigenvalue weighted by Crippen LogP contribution is 2.35. The molecule has 0 bridgehead atoms. The van der Waals surface area contributed by atoms with Crippen LogP contribution < -0.4 is 15.2 Å². The summed E-state index contributed by atoms with van der Waals surface area (Å²) in [4.78, 5) is 32.0. The fourth-order valence-electron chi connectivity index (χ4n) is 4.76. The second kappa shape index (κ2) is 7.37. The number of aromatic nitrogens is 1. The molecule has 2 saturated heterocycles. The summed E-state index contributed by atoms with van der Waals surface area (Å²) < 4.78 is 32.1. The van der Waals surface area contributed by atoms with Crippen LogP contribution in [0.1, 0.15) is 10.4 Å². The van der Waals surface area contributed by atoms with Crippen LogP contribution in [-0.4, -0.2) is 49.1 Å². The van der Waals surface area contributed by atoms with Crippen molar-refractivity contribution in [1.82, 2.24) is 9.88 Å². The molecule has 3 aromatic rings. The summed E-state index contributed by atoms with van der Waals surface area (Å²) >= 11 is 0. The molecule has 160 valence electrons. The van der Waals surface area contributed by atoms with E-state index in [-0.39, 0.29) is 23.3 Å². The Balaban J connectivity index is 1.37. The maximum atomic E-state index is 13.6. The number of pyridine rings is 1. The largest absolute Gasteiger partial charge is 0.497 e. The average molecular weight is 425 g/mol. The first-order valence-corrected chi connectivity index (χ1v) is 10.1. The molecular formula is C23H21F2N3O3. The standard InChI is InChI=1S/C23H21F2N3O3/c1-31-16-3-5-21-17(7-16)18(8-22(29)26-21)23(30)28-11-13-9-27(10-14(13)12-28)15-2-4-19(24)20(25)6-15/h2-8,13-14H,9-12H2,1H3,(H,26,29). The van der Waals surface area contributed by atoms with Crippen LogP contribution in [0.2, 0.25) is 0 Å².